The number of halogens is 1. The molecule has 1 aromatic rings. The zero-order valence-electron chi connectivity index (χ0n) is 12.7. The van der Waals surface area contributed by atoms with Crippen LogP contribution in [0, 0.1) is 0 Å². The fourth-order valence-electron chi connectivity index (χ4n) is 2.77. The van der Waals surface area contributed by atoms with Gasteiger partial charge in [-0.05, 0) is 31.2 Å². The Kier molecular flexibility index (Phi) is 5.64. The van der Waals surface area contributed by atoms with Gasteiger partial charge in [0.1, 0.15) is 6.10 Å². The lowest BCUT2D eigenvalue weighted by Gasteiger charge is -2.27. The van der Waals surface area contributed by atoms with E-state index in [0.29, 0.717) is 25.4 Å². The molecule has 1 amide bonds. The number of sulfonamides is 1. The molecular formula is C14H20ClN3O4S. The molecule has 2 aliphatic rings. The van der Waals surface area contributed by atoms with Crippen molar-refractivity contribution in [2.24, 2.45) is 0 Å². The second-order valence-electron chi connectivity index (χ2n) is 5.30. The van der Waals surface area contributed by atoms with Crippen molar-refractivity contribution in [1.82, 2.24) is 10.0 Å². The van der Waals surface area contributed by atoms with Crippen LogP contribution in [0.4, 0.5) is 5.69 Å². The van der Waals surface area contributed by atoms with Crippen LogP contribution < -0.4 is 14.9 Å². The Labute approximate surface area is 141 Å². The second kappa shape index (κ2) is 7.14. The first-order valence-corrected chi connectivity index (χ1v) is 8.71. The van der Waals surface area contributed by atoms with E-state index in [0.717, 1.165) is 18.5 Å². The van der Waals surface area contributed by atoms with Crippen molar-refractivity contribution < 1.29 is 17.9 Å². The number of hydrogen-bond acceptors (Lipinski definition) is 5. The molecule has 0 bridgehead atoms. The van der Waals surface area contributed by atoms with E-state index in [4.69, 9.17) is 4.74 Å². The Bertz CT molecular complexity index is 689. The topological polar surface area (TPSA) is 87.7 Å². The summed E-state index contributed by atoms with van der Waals surface area (Å²) in [6.45, 7) is 2.28. The zero-order valence-corrected chi connectivity index (χ0v) is 14.4. The van der Waals surface area contributed by atoms with Crippen molar-refractivity contribution in [2.75, 3.05) is 38.2 Å². The van der Waals surface area contributed by atoms with E-state index in [9.17, 15) is 13.2 Å². The number of ether oxygens (including phenoxy) is 1. The van der Waals surface area contributed by atoms with Crippen molar-refractivity contribution in [3.05, 3.63) is 23.8 Å². The van der Waals surface area contributed by atoms with E-state index in [-0.39, 0.29) is 23.2 Å². The van der Waals surface area contributed by atoms with Crippen LogP contribution in [0.2, 0.25) is 0 Å². The highest BCUT2D eigenvalue weighted by Gasteiger charge is 2.32. The summed E-state index contributed by atoms with van der Waals surface area (Å²) in [6.07, 6.45) is 0.213. The molecular weight excluding hydrogens is 342 g/mol. The molecule has 2 N–H and O–H groups in total. The van der Waals surface area contributed by atoms with Crippen molar-refractivity contribution in [2.45, 2.75) is 17.4 Å². The molecule has 3 rings (SSSR count). The zero-order chi connectivity index (χ0) is 15.7. The Morgan fingerprint density at radius 2 is 2.22 bits per heavy atom. The first kappa shape index (κ1) is 18.2. The molecule has 7 nitrogen and oxygen atoms in total. The maximum Gasteiger partial charge on any atom is 0.257 e. The fourth-order valence-corrected chi connectivity index (χ4v) is 3.52. The number of amides is 1. The molecule has 0 saturated carbocycles. The number of carbonyl (C=O) groups excluding carboxylic acids is 1. The highest BCUT2D eigenvalue weighted by Crippen LogP contribution is 2.31. The Morgan fingerprint density at radius 3 is 2.87 bits per heavy atom. The second-order valence-corrected chi connectivity index (χ2v) is 7.19. The molecule has 1 fully saturated rings. The minimum absolute atomic E-state index is 0. The lowest BCUT2D eigenvalue weighted by Crippen LogP contribution is -2.49. The fraction of sp³-hybridized carbons (Fsp3) is 0.500. The number of carbonyl (C=O) groups is 1. The molecule has 0 radical (unpaired) electrons. The van der Waals surface area contributed by atoms with Gasteiger partial charge in [0.2, 0.25) is 10.0 Å². The van der Waals surface area contributed by atoms with Crippen molar-refractivity contribution >= 4 is 34.0 Å². The molecule has 0 aliphatic carbocycles. The van der Waals surface area contributed by atoms with Gasteiger partial charge in [-0.3, -0.25) is 4.79 Å². The van der Waals surface area contributed by atoms with E-state index in [1.54, 1.807) is 23.1 Å². The number of rotatable bonds is 3. The van der Waals surface area contributed by atoms with E-state index < -0.39 is 16.1 Å². The predicted octanol–water partition coefficient (Wildman–Crippen LogP) is -0.106. The van der Waals surface area contributed by atoms with Crippen LogP contribution in [0.15, 0.2) is 23.1 Å². The van der Waals surface area contributed by atoms with Gasteiger partial charge < -0.3 is 15.0 Å². The summed E-state index contributed by atoms with van der Waals surface area (Å²) in [7, 11) is -2.16. The van der Waals surface area contributed by atoms with Gasteiger partial charge in [0, 0.05) is 25.3 Å². The molecule has 1 atom stereocenters. The van der Waals surface area contributed by atoms with Crippen molar-refractivity contribution in [3.63, 3.8) is 0 Å². The maximum atomic E-state index is 12.6. The minimum Gasteiger partial charge on any atom is -0.366 e. The Hall–Kier alpha value is -1.19. The highest BCUT2D eigenvalue weighted by molar-refractivity contribution is 7.89. The summed E-state index contributed by atoms with van der Waals surface area (Å²) in [4.78, 5) is 14.4. The number of anilines is 1. The third kappa shape index (κ3) is 3.51. The molecule has 0 spiro atoms. The lowest BCUT2D eigenvalue weighted by molar-refractivity contribution is -0.131. The summed E-state index contributed by atoms with van der Waals surface area (Å²) in [5, 5.41) is 3.13. The molecule has 1 unspecified atom stereocenters. The smallest absolute Gasteiger partial charge is 0.257 e. The van der Waals surface area contributed by atoms with Gasteiger partial charge in [0.05, 0.1) is 11.5 Å². The van der Waals surface area contributed by atoms with Gasteiger partial charge in [0.15, 0.2) is 0 Å². The predicted molar refractivity (Wildman–Crippen MR) is 88.6 cm³/mol. The number of morpholine rings is 1. The van der Waals surface area contributed by atoms with Crippen LogP contribution in [0.5, 0.6) is 0 Å². The first-order chi connectivity index (χ1) is 10.5. The van der Waals surface area contributed by atoms with Gasteiger partial charge in [-0.2, -0.15) is 0 Å². The van der Waals surface area contributed by atoms with Crippen LogP contribution in [0.1, 0.15) is 5.56 Å². The Morgan fingerprint density at radius 1 is 1.43 bits per heavy atom. The van der Waals surface area contributed by atoms with Crippen LogP contribution in [-0.4, -0.2) is 53.7 Å². The third-order valence-corrected chi connectivity index (χ3v) is 5.41. The quantitative estimate of drug-likeness (QED) is 0.784. The van der Waals surface area contributed by atoms with E-state index in [1.807, 2.05) is 0 Å². The summed E-state index contributed by atoms with van der Waals surface area (Å²) in [6, 6.07) is 4.90. The number of benzene rings is 1. The molecule has 0 aromatic heterocycles. The number of nitrogens with zero attached hydrogens (tertiary/aromatic N) is 1. The van der Waals surface area contributed by atoms with Gasteiger partial charge in [-0.25, -0.2) is 13.1 Å². The van der Waals surface area contributed by atoms with Crippen LogP contribution in [-0.2, 0) is 26.0 Å². The van der Waals surface area contributed by atoms with Gasteiger partial charge in [0.25, 0.3) is 5.91 Å². The molecule has 9 heteroatoms. The molecule has 1 aromatic carbocycles. The SMILES string of the molecule is CNS(=O)(=O)c1ccc2c(c1)N(C(=O)C1CNCCO1)CC2.Cl. The van der Waals surface area contributed by atoms with E-state index in [1.165, 1.54) is 7.05 Å². The van der Waals surface area contributed by atoms with E-state index in [2.05, 4.69) is 10.0 Å². The van der Waals surface area contributed by atoms with Gasteiger partial charge in [-0.1, -0.05) is 6.07 Å². The van der Waals surface area contributed by atoms with Crippen LogP contribution in [0.3, 0.4) is 0 Å². The number of nitrogens with one attached hydrogen (secondary N) is 2. The highest BCUT2D eigenvalue weighted by atomic mass is 35.5. The summed E-state index contributed by atoms with van der Waals surface area (Å²) >= 11 is 0. The minimum atomic E-state index is -3.53. The normalized spacial score (nSPS) is 20.7. The molecule has 2 aliphatic heterocycles. The Balaban J connectivity index is 0.00000192. The maximum absolute atomic E-state index is 12.6. The lowest BCUT2D eigenvalue weighted by atomic mass is 10.2. The van der Waals surface area contributed by atoms with E-state index >= 15 is 0 Å². The summed E-state index contributed by atoms with van der Waals surface area (Å²) in [5.41, 5.74) is 1.64. The first-order valence-electron chi connectivity index (χ1n) is 7.23. The molecule has 23 heavy (non-hydrogen) atoms. The standard InChI is InChI=1S/C14H19N3O4S.ClH/c1-15-22(19,20)11-3-2-10-4-6-17(12(10)8-11)14(18)13-9-16-5-7-21-13;/h2-3,8,13,15-16H,4-7,9H2,1H3;1H. The monoisotopic (exact) mass is 361 g/mol. The number of fused-ring (bicyclic) bond motifs is 1. The molecule has 1 saturated heterocycles. The summed E-state index contributed by atoms with van der Waals surface area (Å²) < 4.78 is 31.7. The van der Waals surface area contributed by atoms with Crippen molar-refractivity contribution in [3.8, 4) is 0 Å². The molecule has 128 valence electrons. The van der Waals surface area contributed by atoms with Crippen LogP contribution >= 0.6 is 12.4 Å². The van der Waals surface area contributed by atoms with Gasteiger partial charge >= 0.3 is 0 Å². The van der Waals surface area contributed by atoms with Gasteiger partial charge in [-0.15, -0.1) is 12.4 Å². The average molecular weight is 362 g/mol. The summed E-state index contributed by atoms with van der Waals surface area (Å²) in [5.74, 6) is -0.120. The molecule has 2 heterocycles. The van der Waals surface area contributed by atoms with Crippen LogP contribution in [0.25, 0.3) is 0 Å². The number of hydrogen-bond donors (Lipinski definition) is 2. The largest absolute Gasteiger partial charge is 0.366 e. The van der Waals surface area contributed by atoms with Crippen molar-refractivity contribution in [1.29, 1.82) is 0 Å². The average Bonchev–Trinajstić information content (AvgIpc) is 2.98. The third-order valence-electron chi connectivity index (χ3n) is 4.00.